The van der Waals surface area contributed by atoms with E-state index in [1.807, 2.05) is 52.0 Å². The molecule has 0 spiro atoms. The molecule has 1 amide bonds. The molecule has 0 unspecified atom stereocenters. The summed E-state index contributed by atoms with van der Waals surface area (Å²) < 4.78 is 11.6. The molecule has 1 aromatic carbocycles. The summed E-state index contributed by atoms with van der Waals surface area (Å²) in [4.78, 5) is 12.6. The number of para-hydroxylation sites is 1. The Morgan fingerprint density at radius 1 is 1.40 bits per heavy atom. The van der Waals surface area contributed by atoms with Crippen molar-refractivity contribution in [2.75, 3.05) is 0 Å². The maximum absolute atomic E-state index is 12.6. The number of carbonyl (C=O) groups excluding carboxylic acids is 1. The summed E-state index contributed by atoms with van der Waals surface area (Å²) in [5.41, 5.74) is 3.25. The summed E-state index contributed by atoms with van der Waals surface area (Å²) in [6, 6.07) is 7.73. The van der Waals surface area contributed by atoms with Crippen LogP contribution in [0.4, 0.5) is 0 Å². The van der Waals surface area contributed by atoms with Gasteiger partial charge in [-0.05, 0) is 33.8 Å². The Labute approximate surface area is 147 Å². The van der Waals surface area contributed by atoms with E-state index in [1.165, 1.54) is 0 Å². The van der Waals surface area contributed by atoms with Crippen molar-refractivity contribution in [1.82, 2.24) is 15.5 Å². The number of hydrogen-bond acceptors (Lipinski definition) is 4. The molecule has 1 aromatic heterocycles. The van der Waals surface area contributed by atoms with Crippen LogP contribution in [0.2, 0.25) is 0 Å². The lowest BCUT2D eigenvalue weighted by molar-refractivity contribution is -0.00697. The van der Waals surface area contributed by atoms with E-state index in [0.717, 1.165) is 22.6 Å². The highest BCUT2D eigenvalue weighted by atomic mass is 16.5. The van der Waals surface area contributed by atoms with Gasteiger partial charge in [0.05, 0.1) is 24.0 Å². The van der Waals surface area contributed by atoms with E-state index in [-0.39, 0.29) is 24.2 Å². The van der Waals surface area contributed by atoms with E-state index in [9.17, 15) is 4.79 Å². The first-order valence-corrected chi connectivity index (χ1v) is 8.71. The molecule has 2 heterocycles. The second-order valence-corrected chi connectivity index (χ2v) is 6.71. The second kappa shape index (κ2) is 7.27. The van der Waals surface area contributed by atoms with E-state index in [4.69, 9.17) is 9.47 Å². The fourth-order valence-electron chi connectivity index (χ4n) is 3.14. The van der Waals surface area contributed by atoms with E-state index < -0.39 is 0 Å². The first-order valence-electron chi connectivity index (χ1n) is 8.71. The van der Waals surface area contributed by atoms with E-state index in [0.29, 0.717) is 18.7 Å². The number of rotatable bonds is 5. The SMILES string of the molecule is CC(C)Oc1ccccc1CNC(=O)c1n[nH]c2c1C[C@H](C)O[C@@H]2C. The van der Waals surface area contributed by atoms with Gasteiger partial charge in [-0.2, -0.15) is 5.10 Å². The first-order chi connectivity index (χ1) is 12.0. The summed E-state index contributed by atoms with van der Waals surface area (Å²) >= 11 is 0. The molecular formula is C19H25N3O3. The lowest BCUT2D eigenvalue weighted by atomic mass is 9.99. The number of aromatic nitrogens is 2. The average Bonchev–Trinajstić information content (AvgIpc) is 2.97. The van der Waals surface area contributed by atoms with Crippen LogP contribution in [0, 0.1) is 0 Å². The molecule has 6 heteroatoms. The highest BCUT2D eigenvalue weighted by Gasteiger charge is 2.29. The largest absolute Gasteiger partial charge is 0.491 e. The number of amides is 1. The Bertz CT molecular complexity index is 754. The van der Waals surface area contributed by atoms with Gasteiger partial charge in [-0.3, -0.25) is 9.89 Å². The summed E-state index contributed by atoms with van der Waals surface area (Å²) in [5, 5.41) is 10.1. The quantitative estimate of drug-likeness (QED) is 0.874. The van der Waals surface area contributed by atoms with Crippen LogP contribution in [-0.4, -0.2) is 28.3 Å². The topological polar surface area (TPSA) is 76.2 Å². The fraction of sp³-hybridized carbons (Fsp3) is 0.474. The first kappa shape index (κ1) is 17.5. The molecule has 0 fully saturated rings. The average molecular weight is 343 g/mol. The van der Waals surface area contributed by atoms with Crippen LogP contribution in [0.3, 0.4) is 0 Å². The number of fused-ring (bicyclic) bond motifs is 1. The molecule has 1 aliphatic heterocycles. The van der Waals surface area contributed by atoms with Crippen molar-refractivity contribution in [3.8, 4) is 5.75 Å². The Kier molecular flexibility index (Phi) is 5.08. The molecule has 2 atom stereocenters. The van der Waals surface area contributed by atoms with Gasteiger partial charge in [0.25, 0.3) is 5.91 Å². The summed E-state index contributed by atoms with van der Waals surface area (Å²) in [7, 11) is 0. The number of H-pyrrole nitrogens is 1. The predicted molar refractivity (Wildman–Crippen MR) is 94.6 cm³/mol. The molecule has 0 aliphatic carbocycles. The highest BCUT2D eigenvalue weighted by molar-refractivity contribution is 5.94. The Morgan fingerprint density at radius 2 is 2.16 bits per heavy atom. The minimum absolute atomic E-state index is 0.0758. The third kappa shape index (κ3) is 3.85. The number of hydrogen-bond donors (Lipinski definition) is 2. The minimum atomic E-state index is -0.182. The molecule has 1 aliphatic rings. The summed E-state index contributed by atoms with van der Waals surface area (Å²) in [6.07, 6.45) is 0.768. The number of nitrogens with one attached hydrogen (secondary N) is 2. The zero-order valence-electron chi connectivity index (χ0n) is 15.1. The van der Waals surface area contributed by atoms with Crippen molar-refractivity contribution in [1.29, 1.82) is 0 Å². The number of benzene rings is 1. The van der Waals surface area contributed by atoms with Gasteiger partial charge in [-0.25, -0.2) is 0 Å². The van der Waals surface area contributed by atoms with Crippen LogP contribution in [0.15, 0.2) is 24.3 Å². The third-order valence-electron chi connectivity index (χ3n) is 4.22. The maximum atomic E-state index is 12.6. The standard InChI is InChI=1S/C19H25N3O3/c1-11(2)24-16-8-6-5-7-14(16)10-20-19(23)18-15-9-12(3)25-13(4)17(15)21-22-18/h5-8,11-13H,9-10H2,1-4H3,(H,20,23)(H,21,22)/t12-,13+/m0/s1. The van der Waals surface area contributed by atoms with Crippen molar-refractivity contribution < 1.29 is 14.3 Å². The van der Waals surface area contributed by atoms with Crippen LogP contribution >= 0.6 is 0 Å². The summed E-state index contributed by atoms with van der Waals surface area (Å²) in [6.45, 7) is 8.33. The van der Waals surface area contributed by atoms with Gasteiger partial charge < -0.3 is 14.8 Å². The fourth-order valence-corrected chi connectivity index (χ4v) is 3.14. The van der Waals surface area contributed by atoms with Crippen molar-refractivity contribution in [2.45, 2.75) is 59.0 Å². The zero-order valence-corrected chi connectivity index (χ0v) is 15.1. The molecule has 0 radical (unpaired) electrons. The van der Waals surface area contributed by atoms with Crippen molar-refractivity contribution >= 4 is 5.91 Å². The van der Waals surface area contributed by atoms with Gasteiger partial charge in [0.15, 0.2) is 5.69 Å². The van der Waals surface area contributed by atoms with Gasteiger partial charge in [0, 0.05) is 24.1 Å². The van der Waals surface area contributed by atoms with Gasteiger partial charge in [-0.15, -0.1) is 0 Å². The second-order valence-electron chi connectivity index (χ2n) is 6.71. The molecule has 0 saturated heterocycles. The molecule has 3 rings (SSSR count). The predicted octanol–water partition coefficient (Wildman–Crippen LogP) is 3.15. The monoisotopic (exact) mass is 343 g/mol. The number of ether oxygens (including phenoxy) is 2. The van der Waals surface area contributed by atoms with Crippen LogP contribution in [-0.2, 0) is 17.7 Å². The van der Waals surface area contributed by atoms with Crippen LogP contribution in [0.1, 0.15) is 61.1 Å². The van der Waals surface area contributed by atoms with Crippen LogP contribution in [0.5, 0.6) is 5.75 Å². The van der Waals surface area contributed by atoms with E-state index in [1.54, 1.807) is 0 Å². The van der Waals surface area contributed by atoms with Crippen molar-refractivity contribution in [2.24, 2.45) is 0 Å². The molecular weight excluding hydrogens is 318 g/mol. The van der Waals surface area contributed by atoms with E-state index >= 15 is 0 Å². The van der Waals surface area contributed by atoms with Gasteiger partial charge >= 0.3 is 0 Å². The lowest BCUT2D eigenvalue weighted by Crippen LogP contribution is -2.27. The summed E-state index contributed by atoms with van der Waals surface area (Å²) in [5.74, 6) is 0.607. The molecule has 0 saturated carbocycles. The molecule has 134 valence electrons. The number of aromatic amines is 1. The molecule has 25 heavy (non-hydrogen) atoms. The third-order valence-corrected chi connectivity index (χ3v) is 4.22. The number of carbonyl (C=O) groups is 1. The Hall–Kier alpha value is -2.34. The maximum Gasteiger partial charge on any atom is 0.272 e. The van der Waals surface area contributed by atoms with Crippen molar-refractivity contribution in [3.63, 3.8) is 0 Å². The van der Waals surface area contributed by atoms with Crippen LogP contribution < -0.4 is 10.1 Å². The smallest absolute Gasteiger partial charge is 0.272 e. The minimum Gasteiger partial charge on any atom is -0.491 e. The number of nitrogens with zero attached hydrogens (tertiary/aromatic N) is 1. The van der Waals surface area contributed by atoms with Crippen molar-refractivity contribution in [3.05, 3.63) is 46.8 Å². The molecule has 2 aromatic rings. The molecule has 2 N–H and O–H groups in total. The Balaban J connectivity index is 1.73. The van der Waals surface area contributed by atoms with Gasteiger partial charge in [-0.1, -0.05) is 18.2 Å². The van der Waals surface area contributed by atoms with Gasteiger partial charge in [0.2, 0.25) is 0 Å². The lowest BCUT2D eigenvalue weighted by Gasteiger charge is -2.25. The Morgan fingerprint density at radius 3 is 2.92 bits per heavy atom. The van der Waals surface area contributed by atoms with Gasteiger partial charge in [0.1, 0.15) is 5.75 Å². The highest BCUT2D eigenvalue weighted by Crippen LogP contribution is 2.30. The molecule has 0 bridgehead atoms. The van der Waals surface area contributed by atoms with Crippen LogP contribution in [0.25, 0.3) is 0 Å². The molecule has 6 nitrogen and oxygen atoms in total. The normalized spacial score (nSPS) is 19.6. The zero-order chi connectivity index (χ0) is 18.0. The van der Waals surface area contributed by atoms with E-state index in [2.05, 4.69) is 15.5 Å².